The second-order valence-electron chi connectivity index (χ2n) is 5.38. The largest absolute Gasteiger partial charge is 0.378 e. The van der Waals surface area contributed by atoms with Crippen LogP contribution in [0.15, 0.2) is 22.7 Å². The molecule has 0 bridgehead atoms. The molecule has 0 radical (unpaired) electrons. The summed E-state index contributed by atoms with van der Waals surface area (Å²) in [7, 11) is 0. The molecule has 112 valence electrons. The first kappa shape index (κ1) is 16.3. The molecule has 1 aromatic carbocycles. The van der Waals surface area contributed by atoms with Crippen molar-refractivity contribution in [3.05, 3.63) is 33.3 Å². The van der Waals surface area contributed by atoms with Gasteiger partial charge in [-0.15, -0.1) is 0 Å². The second-order valence-corrected chi connectivity index (χ2v) is 6.71. The average Bonchev–Trinajstić information content (AvgIpc) is 2.95. The molecule has 4 heteroatoms. The van der Waals surface area contributed by atoms with E-state index in [2.05, 4.69) is 34.2 Å². The quantitative estimate of drug-likeness (QED) is 0.730. The number of benzene rings is 1. The minimum atomic E-state index is 0.309. The number of rotatable bonds is 7. The van der Waals surface area contributed by atoms with Gasteiger partial charge in [-0.05, 0) is 62.4 Å². The van der Waals surface area contributed by atoms with Crippen molar-refractivity contribution in [3.8, 4) is 0 Å². The minimum absolute atomic E-state index is 0.309. The molecule has 1 aliphatic heterocycles. The van der Waals surface area contributed by atoms with E-state index in [-0.39, 0.29) is 0 Å². The van der Waals surface area contributed by atoms with Gasteiger partial charge >= 0.3 is 0 Å². The maximum absolute atomic E-state index is 6.37. The molecule has 0 saturated carbocycles. The Morgan fingerprint density at radius 1 is 1.50 bits per heavy atom. The van der Waals surface area contributed by atoms with Crippen LogP contribution in [0.4, 0.5) is 0 Å². The van der Waals surface area contributed by atoms with E-state index in [1.807, 2.05) is 12.1 Å². The first-order valence-corrected chi connectivity index (χ1v) is 8.67. The molecule has 1 fully saturated rings. The highest BCUT2D eigenvalue weighted by Gasteiger charge is 2.20. The van der Waals surface area contributed by atoms with Gasteiger partial charge in [0, 0.05) is 22.1 Å². The van der Waals surface area contributed by atoms with E-state index in [0.717, 1.165) is 41.9 Å². The molecule has 2 atom stereocenters. The molecular formula is C16H23BrClNO. The highest BCUT2D eigenvalue weighted by Crippen LogP contribution is 2.30. The monoisotopic (exact) mass is 359 g/mol. The molecule has 1 aromatic rings. The van der Waals surface area contributed by atoms with Crippen LogP contribution in [-0.4, -0.2) is 19.3 Å². The molecule has 1 saturated heterocycles. The summed E-state index contributed by atoms with van der Waals surface area (Å²) in [5, 5.41) is 4.46. The zero-order valence-corrected chi connectivity index (χ0v) is 14.3. The van der Waals surface area contributed by atoms with Gasteiger partial charge in [-0.3, -0.25) is 0 Å². The van der Waals surface area contributed by atoms with Gasteiger partial charge in [0.05, 0.1) is 6.10 Å². The zero-order valence-electron chi connectivity index (χ0n) is 12.0. The van der Waals surface area contributed by atoms with E-state index in [9.17, 15) is 0 Å². The number of nitrogens with one attached hydrogen (secondary N) is 1. The summed E-state index contributed by atoms with van der Waals surface area (Å²) >= 11 is 9.91. The molecule has 0 aromatic heterocycles. The van der Waals surface area contributed by atoms with Crippen LogP contribution >= 0.6 is 27.5 Å². The molecular weight excluding hydrogens is 338 g/mol. The maximum Gasteiger partial charge on any atom is 0.0576 e. The molecule has 1 heterocycles. The van der Waals surface area contributed by atoms with Crippen LogP contribution < -0.4 is 5.32 Å². The van der Waals surface area contributed by atoms with Crippen molar-refractivity contribution in [2.45, 2.75) is 51.2 Å². The standard InChI is InChI=1S/C16H23BrClNO/c1-2-9-19-16(8-6-13-4-3-10-20-13)14-11-12(17)5-7-15(14)18/h5,7,11,13,16,19H,2-4,6,8-10H2,1H3. The molecule has 1 aliphatic rings. The first-order valence-electron chi connectivity index (χ1n) is 7.50. The Bertz CT molecular complexity index is 421. The van der Waals surface area contributed by atoms with E-state index >= 15 is 0 Å². The van der Waals surface area contributed by atoms with Crippen LogP contribution in [0.25, 0.3) is 0 Å². The Hall–Kier alpha value is -0.0900. The van der Waals surface area contributed by atoms with Gasteiger partial charge in [-0.25, -0.2) is 0 Å². The minimum Gasteiger partial charge on any atom is -0.378 e. The molecule has 0 spiro atoms. The van der Waals surface area contributed by atoms with Crippen molar-refractivity contribution in [3.63, 3.8) is 0 Å². The number of halogens is 2. The van der Waals surface area contributed by atoms with Crippen LogP contribution in [0.1, 0.15) is 50.6 Å². The third-order valence-corrected chi connectivity index (χ3v) is 4.61. The van der Waals surface area contributed by atoms with Gasteiger partial charge in [-0.2, -0.15) is 0 Å². The van der Waals surface area contributed by atoms with Crippen molar-refractivity contribution in [2.75, 3.05) is 13.2 Å². The molecule has 2 nitrogen and oxygen atoms in total. The van der Waals surface area contributed by atoms with Gasteiger partial charge in [0.15, 0.2) is 0 Å². The van der Waals surface area contributed by atoms with Crippen molar-refractivity contribution in [1.82, 2.24) is 5.32 Å². The van der Waals surface area contributed by atoms with Crippen LogP contribution in [0.2, 0.25) is 5.02 Å². The summed E-state index contributed by atoms with van der Waals surface area (Å²) in [5.41, 5.74) is 1.19. The molecule has 2 unspecified atom stereocenters. The number of hydrogen-bond donors (Lipinski definition) is 1. The van der Waals surface area contributed by atoms with Crippen molar-refractivity contribution in [2.24, 2.45) is 0 Å². The lowest BCUT2D eigenvalue weighted by Gasteiger charge is -2.22. The smallest absolute Gasteiger partial charge is 0.0576 e. The molecule has 20 heavy (non-hydrogen) atoms. The van der Waals surface area contributed by atoms with Gasteiger partial charge < -0.3 is 10.1 Å². The summed E-state index contributed by atoms with van der Waals surface area (Å²) < 4.78 is 6.81. The fraction of sp³-hybridized carbons (Fsp3) is 0.625. The first-order chi connectivity index (χ1) is 9.70. The van der Waals surface area contributed by atoms with E-state index in [0.29, 0.717) is 12.1 Å². The number of hydrogen-bond acceptors (Lipinski definition) is 2. The van der Waals surface area contributed by atoms with Gasteiger partial charge in [0.25, 0.3) is 0 Å². The summed E-state index contributed by atoms with van der Waals surface area (Å²) in [6.07, 6.45) is 6.14. The van der Waals surface area contributed by atoms with Crippen LogP contribution in [-0.2, 0) is 4.74 Å². The Labute approximate surface area is 135 Å². The Kier molecular flexibility index (Phi) is 6.82. The highest BCUT2D eigenvalue weighted by atomic mass is 79.9. The van der Waals surface area contributed by atoms with Gasteiger partial charge in [0.2, 0.25) is 0 Å². The Morgan fingerprint density at radius 3 is 3.05 bits per heavy atom. The fourth-order valence-electron chi connectivity index (χ4n) is 2.69. The topological polar surface area (TPSA) is 21.3 Å². The molecule has 0 amide bonds. The predicted octanol–water partition coefficient (Wildman–Crippen LogP) is 5.10. The lowest BCUT2D eigenvalue weighted by atomic mass is 9.99. The van der Waals surface area contributed by atoms with Crippen LogP contribution in [0.3, 0.4) is 0 Å². The fourth-order valence-corrected chi connectivity index (χ4v) is 3.32. The van der Waals surface area contributed by atoms with E-state index in [1.165, 1.54) is 18.4 Å². The normalized spacial score (nSPS) is 20.2. The summed E-state index contributed by atoms with van der Waals surface area (Å²) in [4.78, 5) is 0. The number of ether oxygens (including phenoxy) is 1. The van der Waals surface area contributed by atoms with Crippen molar-refractivity contribution < 1.29 is 4.74 Å². The van der Waals surface area contributed by atoms with E-state index in [4.69, 9.17) is 16.3 Å². The van der Waals surface area contributed by atoms with Gasteiger partial charge in [0.1, 0.15) is 0 Å². The lowest BCUT2D eigenvalue weighted by molar-refractivity contribution is 0.0996. The van der Waals surface area contributed by atoms with E-state index in [1.54, 1.807) is 0 Å². The Balaban J connectivity index is 2.02. The van der Waals surface area contributed by atoms with Crippen molar-refractivity contribution in [1.29, 1.82) is 0 Å². The van der Waals surface area contributed by atoms with Crippen LogP contribution in [0, 0.1) is 0 Å². The highest BCUT2D eigenvalue weighted by molar-refractivity contribution is 9.10. The summed E-state index contributed by atoms with van der Waals surface area (Å²) in [6.45, 7) is 4.13. The average molecular weight is 361 g/mol. The molecule has 0 aliphatic carbocycles. The zero-order chi connectivity index (χ0) is 14.4. The Morgan fingerprint density at radius 2 is 2.35 bits per heavy atom. The van der Waals surface area contributed by atoms with Crippen molar-refractivity contribution >= 4 is 27.5 Å². The second kappa shape index (κ2) is 8.38. The molecule has 2 rings (SSSR count). The predicted molar refractivity (Wildman–Crippen MR) is 88.4 cm³/mol. The third-order valence-electron chi connectivity index (χ3n) is 3.78. The summed E-state index contributed by atoms with van der Waals surface area (Å²) in [6, 6.07) is 6.39. The van der Waals surface area contributed by atoms with E-state index < -0.39 is 0 Å². The van der Waals surface area contributed by atoms with Crippen LogP contribution in [0.5, 0.6) is 0 Å². The molecule has 1 N–H and O–H groups in total. The third kappa shape index (κ3) is 4.73. The summed E-state index contributed by atoms with van der Waals surface area (Å²) in [5.74, 6) is 0. The van der Waals surface area contributed by atoms with Gasteiger partial charge in [-0.1, -0.05) is 34.5 Å². The SMILES string of the molecule is CCCNC(CCC1CCCO1)c1cc(Br)ccc1Cl. The lowest BCUT2D eigenvalue weighted by Crippen LogP contribution is -2.24. The maximum atomic E-state index is 6.37.